The minimum Gasteiger partial charge on any atom is -0.493 e. The van der Waals surface area contributed by atoms with Gasteiger partial charge in [-0.15, -0.1) is 0 Å². The number of ether oxygens (including phenoxy) is 3. The third kappa shape index (κ3) is 7.04. The Kier molecular flexibility index (Phi) is 9.07. The lowest BCUT2D eigenvalue weighted by molar-refractivity contribution is -0.118. The quantitative estimate of drug-likeness (QED) is 0.353. The minimum absolute atomic E-state index is 0.0364. The molecule has 1 unspecified atom stereocenters. The van der Waals surface area contributed by atoms with Gasteiger partial charge < -0.3 is 19.5 Å². The molecule has 1 atom stereocenters. The summed E-state index contributed by atoms with van der Waals surface area (Å²) < 4.78 is 17.4. The van der Waals surface area contributed by atoms with E-state index in [-0.39, 0.29) is 17.9 Å². The van der Waals surface area contributed by atoms with Crippen LogP contribution in [0.1, 0.15) is 49.8 Å². The van der Waals surface area contributed by atoms with Crippen molar-refractivity contribution in [2.45, 2.75) is 38.7 Å². The van der Waals surface area contributed by atoms with Crippen LogP contribution in [-0.2, 0) is 4.79 Å². The molecule has 1 N–H and O–H groups in total. The van der Waals surface area contributed by atoms with Crippen LogP contribution in [-0.4, -0.2) is 44.7 Å². The van der Waals surface area contributed by atoms with Gasteiger partial charge in [0.15, 0.2) is 11.5 Å². The summed E-state index contributed by atoms with van der Waals surface area (Å²) in [5.74, 6) is 2.58. The minimum atomic E-state index is -0.106. The number of carbonyl (C=O) groups excluding carboxylic acids is 1. The summed E-state index contributed by atoms with van der Waals surface area (Å²) >= 11 is 0. The van der Waals surface area contributed by atoms with Gasteiger partial charge in [0.05, 0.1) is 14.2 Å². The number of anilines is 1. The lowest BCUT2D eigenvalue weighted by atomic mass is 9.89. The first-order chi connectivity index (χ1) is 18.0. The van der Waals surface area contributed by atoms with Gasteiger partial charge in [-0.05, 0) is 67.2 Å². The lowest BCUT2D eigenvalue weighted by Crippen LogP contribution is -2.37. The number of carbonyl (C=O) groups is 1. The fraction of sp³-hybridized carbons (Fsp3) is 0.387. The second kappa shape index (κ2) is 12.6. The molecule has 6 heteroatoms. The van der Waals surface area contributed by atoms with E-state index in [1.165, 1.54) is 5.56 Å². The van der Waals surface area contributed by atoms with Crippen molar-refractivity contribution < 1.29 is 19.0 Å². The van der Waals surface area contributed by atoms with Crippen LogP contribution in [0.15, 0.2) is 72.8 Å². The summed E-state index contributed by atoms with van der Waals surface area (Å²) in [5.41, 5.74) is 3.32. The van der Waals surface area contributed by atoms with Gasteiger partial charge in [-0.3, -0.25) is 9.69 Å². The molecule has 196 valence electrons. The predicted octanol–water partition coefficient (Wildman–Crippen LogP) is 6.30. The summed E-state index contributed by atoms with van der Waals surface area (Å²) in [6.07, 6.45) is 2.03. The number of benzene rings is 3. The van der Waals surface area contributed by atoms with Gasteiger partial charge in [0.2, 0.25) is 5.91 Å². The molecule has 1 aliphatic rings. The van der Waals surface area contributed by atoms with Gasteiger partial charge in [-0.25, -0.2) is 0 Å². The van der Waals surface area contributed by atoms with E-state index >= 15 is 0 Å². The molecule has 0 spiro atoms. The Labute approximate surface area is 220 Å². The van der Waals surface area contributed by atoms with Crippen molar-refractivity contribution in [3.8, 4) is 17.2 Å². The normalized spacial score (nSPS) is 15.3. The number of rotatable bonds is 10. The number of hydrogen-bond donors (Lipinski definition) is 1. The summed E-state index contributed by atoms with van der Waals surface area (Å²) in [6.45, 7) is 6.60. The molecule has 37 heavy (non-hydrogen) atoms. The van der Waals surface area contributed by atoms with Gasteiger partial charge in [0, 0.05) is 24.2 Å². The number of hydrogen-bond acceptors (Lipinski definition) is 5. The zero-order valence-electron chi connectivity index (χ0n) is 22.3. The Balaban J connectivity index is 1.41. The molecule has 0 bridgehead atoms. The summed E-state index contributed by atoms with van der Waals surface area (Å²) in [7, 11) is 3.27. The maximum absolute atomic E-state index is 12.1. The average molecular weight is 503 g/mol. The first-order valence-corrected chi connectivity index (χ1v) is 13.0. The van der Waals surface area contributed by atoms with Crippen LogP contribution in [0.4, 0.5) is 5.69 Å². The second-order valence-electron chi connectivity index (χ2n) is 9.88. The zero-order valence-corrected chi connectivity index (χ0v) is 22.3. The van der Waals surface area contributed by atoms with Gasteiger partial charge in [-0.2, -0.15) is 0 Å². The number of nitrogens with one attached hydrogen (secondary N) is 1. The average Bonchev–Trinajstić information content (AvgIpc) is 2.93. The van der Waals surface area contributed by atoms with Gasteiger partial charge in [0.1, 0.15) is 11.9 Å². The molecule has 0 saturated carbocycles. The number of nitrogens with zero attached hydrogens (tertiary/aromatic N) is 1. The van der Waals surface area contributed by atoms with Gasteiger partial charge in [-0.1, -0.05) is 56.3 Å². The molecule has 3 aromatic carbocycles. The number of methoxy groups -OCH3 is 2. The van der Waals surface area contributed by atoms with E-state index in [9.17, 15) is 4.79 Å². The fourth-order valence-corrected chi connectivity index (χ4v) is 4.77. The molecular formula is C31H38N2O4. The first kappa shape index (κ1) is 26.6. The Morgan fingerprint density at radius 3 is 2.32 bits per heavy atom. The molecule has 6 nitrogen and oxygen atoms in total. The predicted molar refractivity (Wildman–Crippen MR) is 148 cm³/mol. The van der Waals surface area contributed by atoms with Crippen LogP contribution < -0.4 is 19.5 Å². The fourth-order valence-electron chi connectivity index (χ4n) is 4.77. The molecule has 0 aromatic heterocycles. The highest BCUT2D eigenvalue weighted by atomic mass is 16.5. The Hall–Kier alpha value is -3.51. The highest BCUT2D eigenvalue weighted by molar-refractivity contribution is 5.92. The first-order valence-electron chi connectivity index (χ1n) is 13.0. The zero-order chi connectivity index (χ0) is 26.2. The summed E-state index contributed by atoms with van der Waals surface area (Å²) in [4.78, 5) is 14.6. The van der Waals surface area contributed by atoms with E-state index < -0.39 is 0 Å². The van der Waals surface area contributed by atoms with Crippen molar-refractivity contribution in [1.82, 2.24) is 4.90 Å². The third-order valence-electron chi connectivity index (χ3n) is 6.97. The molecule has 0 radical (unpaired) electrons. The molecule has 4 rings (SSSR count). The van der Waals surface area contributed by atoms with Gasteiger partial charge >= 0.3 is 0 Å². The highest BCUT2D eigenvalue weighted by Gasteiger charge is 2.25. The molecule has 1 amide bonds. The molecule has 1 aliphatic heterocycles. The number of piperidine rings is 1. The van der Waals surface area contributed by atoms with Crippen molar-refractivity contribution in [2.24, 2.45) is 5.92 Å². The van der Waals surface area contributed by atoms with E-state index in [1.807, 2.05) is 50.2 Å². The van der Waals surface area contributed by atoms with Crippen LogP contribution >= 0.6 is 0 Å². The van der Waals surface area contributed by atoms with Crippen LogP contribution in [0.2, 0.25) is 0 Å². The van der Waals surface area contributed by atoms with E-state index in [2.05, 4.69) is 46.6 Å². The largest absolute Gasteiger partial charge is 0.493 e. The third-order valence-corrected chi connectivity index (χ3v) is 6.97. The Morgan fingerprint density at radius 2 is 1.65 bits per heavy atom. The molecule has 1 fully saturated rings. The lowest BCUT2D eigenvalue weighted by Gasteiger charge is -2.34. The molecule has 3 aromatic rings. The maximum Gasteiger partial charge on any atom is 0.226 e. The molecule has 1 saturated heterocycles. The van der Waals surface area contributed by atoms with Crippen LogP contribution in [0.3, 0.4) is 0 Å². The number of amides is 1. The topological polar surface area (TPSA) is 60.0 Å². The standard InChI is InChI=1S/C31H38N2O4/c1-22(2)31(34)32-26-12-8-11-25(19-26)23-15-17-33(18-16-23)21-30(24-9-6-5-7-10-24)37-27-13-14-28(35-3)29(20-27)36-4/h5-14,19-20,22-23,30H,15-18,21H2,1-4H3,(H,32,34). The van der Waals surface area contributed by atoms with Crippen LogP contribution in [0.5, 0.6) is 17.2 Å². The number of likely N-dealkylation sites (tertiary alicyclic amines) is 1. The van der Waals surface area contributed by atoms with Crippen LogP contribution in [0.25, 0.3) is 0 Å². The smallest absolute Gasteiger partial charge is 0.226 e. The highest BCUT2D eigenvalue weighted by Crippen LogP contribution is 2.34. The van der Waals surface area contributed by atoms with Crippen LogP contribution in [0, 0.1) is 5.92 Å². The van der Waals surface area contributed by atoms with Crippen molar-refractivity contribution in [1.29, 1.82) is 0 Å². The van der Waals surface area contributed by atoms with E-state index in [0.717, 1.165) is 49.5 Å². The van der Waals surface area contributed by atoms with E-state index in [1.54, 1.807) is 14.2 Å². The second-order valence-corrected chi connectivity index (χ2v) is 9.88. The van der Waals surface area contributed by atoms with Crippen molar-refractivity contribution in [3.05, 3.63) is 83.9 Å². The Bertz CT molecular complexity index is 1160. The Morgan fingerprint density at radius 1 is 0.919 bits per heavy atom. The summed E-state index contributed by atoms with van der Waals surface area (Å²) in [6, 6.07) is 24.4. The molecule has 0 aliphatic carbocycles. The monoisotopic (exact) mass is 502 g/mol. The van der Waals surface area contributed by atoms with Crippen molar-refractivity contribution in [2.75, 3.05) is 39.2 Å². The van der Waals surface area contributed by atoms with E-state index in [0.29, 0.717) is 17.4 Å². The SMILES string of the molecule is COc1ccc(OC(CN2CCC(c3cccc(NC(=O)C(C)C)c3)CC2)c2ccccc2)cc1OC. The van der Waals surface area contributed by atoms with Gasteiger partial charge in [0.25, 0.3) is 0 Å². The van der Waals surface area contributed by atoms with Crippen molar-refractivity contribution in [3.63, 3.8) is 0 Å². The van der Waals surface area contributed by atoms with E-state index in [4.69, 9.17) is 14.2 Å². The molecular weight excluding hydrogens is 464 g/mol. The summed E-state index contributed by atoms with van der Waals surface area (Å²) in [5, 5.41) is 3.03. The van der Waals surface area contributed by atoms with Crippen molar-refractivity contribution >= 4 is 11.6 Å². The maximum atomic E-state index is 12.1. The molecule has 1 heterocycles.